The second-order valence-electron chi connectivity index (χ2n) is 5.20. The van der Waals surface area contributed by atoms with Gasteiger partial charge in [-0.2, -0.15) is 0 Å². The normalized spacial score (nSPS) is 23.8. The molecule has 0 amide bonds. The van der Waals surface area contributed by atoms with Gasteiger partial charge in [0.25, 0.3) is 0 Å². The van der Waals surface area contributed by atoms with Crippen LogP contribution >= 0.6 is 0 Å². The molecular weight excluding hydrogens is 268 g/mol. The summed E-state index contributed by atoms with van der Waals surface area (Å²) in [6.45, 7) is 1.23. The molecule has 0 saturated heterocycles. The van der Waals surface area contributed by atoms with Crippen molar-refractivity contribution in [1.29, 1.82) is 0 Å². The fourth-order valence-corrected chi connectivity index (χ4v) is 4.23. The molecule has 0 radical (unpaired) electrons. The Kier molecular flexibility index (Phi) is 6.22. The second kappa shape index (κ2) is 7.21. The number of esters is 1. The number of carbonyl (C=O) groups is 1. The maximum absolute atomic E-state index is 12.2. The van der Waals surface area contributed by atoms with Crippen molar-refractivity contribution < 1.29 is 17.9 Å². The number of rotatable bonds is 7. The Hall–Kier alpha value is -0.660. The molecule has 2 atom stereocenters. The highest BCUT2D eigenvalue weighted by Gasteiger charge is 2.41. The van der Waals surface area contributed by atoms with Crippen LogP contribution in [0.5, 0.6) is 0 Å². The van der Waals surface area contributed by atoms with E-state index in [9.17, 15) is 13.2 Å². The minimum Gasteiger partial charge on any atom is -0.469 e. The van der Waals surface area contributed by atoms with Crippen molar-refractivity contribution in [3.63, 3.8) is 0 Å². The minimum absolute atomic E-state index is 0.408. The van der Waals surface area contributed by atoms with Crippen LogP contribution < -0.4 is 4.72 Å². The van der Waals surface area contributed by atoms with Crippen molar-refractivity contribution in [2.45, 2.75) is 30.9 Å². The maximum Gasteiger partial charge on any atom is 0.310 e. The lowest BCUT2D eigenvalue weighted by molar-refractivity contribution is -0.145. The molecule has 1 N–H and O–H groups in total. The molecule has 1 aliphatic carbocycles. The zero-order chi connectivity index (χ0) is 14.5. The third kappa shape index (κ3) is 4.74. The van der Waals surface area contributed by atoms with E-state index in [-0.39, 0.29) is 0 Å². The zero-order valence-corrected chi connectivity index (χ0v) is 12.7. The van der Waals surface area contributed by atoms with Crippen LogP contribution in [0.2, 0.25) is 0 Å². The Bertz CT molecular complexity index is 395. The topological polar surface area (TPSA) is 75.7 Å². The van der Waals surface area contributed by atoms with E-state index in [0.717, 1.165) is 19.4 Å². The van der Waals surface area contributed by atoms with Crippen LogP contribution in [-0.4, -0.2) is 58.8 Å². The van der Waals surface area contributed by atoms with Gasteiger partial charge in [0.05, 0.1) is 18.3 Å². The SMILES string of the molecule is COC(=O)C1CCCC1S(=O)(=O)NCCCN(C)C. The maximum atomic E-state index is 12.2. The number of methoxy groups -OCH3 is 1. The van der Waals surface area contributed by atoms with Crippen molar-refractivity contribution in [1.82, 2.24) is 9.62 Å². The van der Waals surface area contributed by atoms with Gasteiger partial charge >= 0.3 is 5.97 Å². The number of carbonyl (C=O) groups excluding carboxylic acids is 1. The first-order valence-corrected chi connectivity index (χ1v) is 8.14. The monoisotopic (exact) mass is 292 g/mol. The van der Waals surface area contributed by atoms with Crippen LogP contribution in [0, 0.1) is 5.92 Å². The van der Waals surface area contributed by atoms with Gasteiger partial charge < -0.3 is 9.64 Å². The van der Waals surface area contributed by atoms with E-state index in [4.69, 9.17) is 0 Å². The van der Waals surface area contributed by atoms with E-state index in [1.165, 1.54) is 7.11 Å². The zero-order valence-electron chi connectivity index (χ0n) is 11.9. The molecule has 0 heterocycles. The van der Waals surface area contributed by atoms with Crippen LogP contribution in [0.3, 0.4) is 0 Å². The molecule has 1 saturated carbocycles. The summed E-state index contributed by atoms with van der Waals surface area (Å²) in [5, 5.41) is -0.640. The van der Waals surface area contributed by atoms with Crippen molar-refractivity contribution in [2.24, 2.45) is 5.92 Å². The van der Waals surface area contributed by atoms with Gasteiger partial charge in [-0.25, -0.2) is 13.1 Å². The summed E-state index contributed by atoms with van der Waals surface area (Å²) in [5.74, 6) is -0.933. The Morgan fingerprint density at radius 2 is 2.05 bits per heavy atom. The van der Waals surface area contributed by atoms with Crippen molar-refractivity contribution in [3.8, 4) is 0 Å². The van der Waals surface area contributed by atoms with Gasteiger partial charge in [0.1, 0.15) is 0 Å². The third-order valence-electron chi connectivity index (χ3n) is 3.44. The molecule has 19 heavy (non-hydrogen) atoms. The van der Waals surface area contributed by atoms with Gasteiger partial charge in [-0.05, 0) is 39.9 Å². The van der Waals surface area contributed by atoms with Gasteiger partial charge in [-0.3, -0.25) is 4.79 Å². The molecule has 112 valence electrons. The lowest BCUT2D eigenvalue weighted by Gasteiger charge is -2.18. The molecule has 0 spiro atoms. The highest BCUT2D eigenvalue weighted by Crippen LogP contribution is 2.31. The summed E-state index contributed by atoms with van der Waals surface area (Å²) >= 11 is 0. The van der Waals surface area contributed by atoms with Crippen LogP contribution in [0.15, 0.2) is 0 Å². The predicted molar refractivity (Wildman–Crippen MR) is 73.2 cm³/mol. The number of nitrogens with one attached hydrogen (secondary N) is 1. The summed E-state index contributed by atoms with van der Waals surface area (Å²) in [7, 11) is 1.76. The minimum atomic E-state index is -3.43. The first kappa shape index (κ1) is 16.4. The Morgan fingerprint density at radius 1 is 1.37 bits per heavy atom. The summed E-state index contributed by atoms with van der Waals surface area (Å²) in [6.07, 6.45) is 2.63. The average molecular weight is 292 g/mol. The standard InChI is InChI=1S/C12H24N2O4S/c1-14(2)9-5-8-13-19(16,17)11-7-4-6-10(11)12(15)18-3/h10-11,13H,4-9H2,1-3H3. The van der Waals surface area contributed by atoms with Crippen LogP contribution in [0.4, 0.5) is 0 Å². The third-order valence-corrected chi connectivity index (χ3v) is 5.41. The molecule has 7 heteroatoms. The number of nitrogens with zero attached hydrogens (tertiary/aromatic N) is 1. The summed E-state index contributed by atoms with van der Waals surface area (Å²) in [6, 6.07) is 0. The molecule has 0 bridgehead atoms. The van der Waals surface area contributed by atoms with E-state index in [2.05, 4.69) is 9.46 Å². The number of sulfonamides is 1. The Morgan fingerprint density at radius 3 is 2.63 bits per heavy atom. The number of hydrogen-bond acceptors (Lipinski definition) is 5. The fourth-order valence-electron chi connectivity index (χ4n) is 2.44. The van der Waals surface area contributed by atoms with E-state index in [1.807, 2.05) is 19.0 Å². The lowest BCUT2D eigenvalue weighted by Crippen LogP contribution is -2.40. The predicted octanol–water partition coefficient (Wildman–Crippen LogP) is 0.199. The highest BCUT2D eigenvalue weighted by molar-refractivity contribution is 7.90. The van der Waals surface area contributed by atoms with Gasteiger partial charge in [0.2, 0.25) is 10.0 Å². The molecule has 0 aromatic carbocycles. The van der Waals surface area contributed by atoms with Crippen LogP contribution in [0.1, 0.15) is 25.7 Å². The largest absolute Gasteiger partial charge is 0.469 e. The van der Waals surface area contributed by atoms with Gasteiger partial charge in [-0.1, -0.05) is 6.42 Å². The highest BCUT2D eigenvalue weighted by atomic mass is 32.2. The molecule has 1 rings (SSSR count). The summed E-state index contributed by atoms with van der Waals surface area (Å²) in [4.78, 5) is 13.6. The second-order valence-corrected chi connectivity index (χ2v) is 7.18. The molecular formula is C12H24N2O4S. The number of hydrogen-bond donors (Lipinski definition) is 1. The van der Waals surface area contributed by atoms with Crippen molar-refractivity contribution >= 4 is 16.0 Å². The molecule has 2 unspecified atom stereocenters. The van der Waals surface area contributed by atoms with Gasteiger partial charge in [0, 0.05) is 6.54 Å². The van der Waals surface area contributed by atoms with Crippen LogP contribution in [0.25, 0.3) is 0 Å². The summed E-state index contributed by atoms with van der Waals surface area (Å²) < 4.78 is 31.6. The van der Waals surface area contributed by atoms with Gasteiger partial charge in [-0.15, -0.1) is 0 Å². The van der Waals surface area contributed by atoms with E-state index in [1.54, 1.807) is 0 Å². The van der Waals surface area contributed by atoms with Crippen LogP contribution in [-0.2, 0) is 19.6 Å². The number of ether oxygens (including phenoxy) is 1. The molecule has 1 aliphatic rings. The fraction of sp³-hybridized carbons (Fsp3) is 0.917. The molecule has 0 aromatic heterocycles. The van der Waals surface area contributed by atoms with E-state index < -0.39 is 27.2 Å². The average Bonchev–Trinajstić information content (AvgIpc) is 2.83. The smallest absolute Gasteiger partial charge is 0.310 e. The van der Waals surface area contributed by atoms with Crippen molar-refractivity contribution in [3.05, 3.63) is 0 Å². The molecule has 0 aromatic rings. The van der Waals surface area contributed by atoms with E-state index >= 15 is 0 Å². The quantitative estimate of drug-likeness (QED) is 0.536. The first-order chi connectivity index (χ1) is 8.88. The van der Waals surface area contributed by atoms with Crippen molar-refractivity contribution in [2.75, 3.05) is 34.3 Å². The Labute approximate surface area is 115 Å². The summed E-state index contributed by atoms with van der Waals surface area (Å²) in [5.41, 5.74) is 0. The first-order valence-electron chi connectivity index (χ1n) is 6.59. The van der Waals surface area contributed by atoms with Gasteiger partial charge in [0.15, 0.2) is 0 Å². The Balaban J connectivity index is 2.54. The molecule has 6 nitrogen and oxygen atoms in total. The lowest BCUT2D eigenvalue weighted by atomic mass is 10.1. The molecule has 1 fully saturated rings. The van der Waals surface area contributed by atoms with E-state index in [0.29, 0.717) is 19.4 Å². The molecule has 0 aliphatic heterocycles.